The summed E-state index contributed by atoms with van der Waals surface area (Å²) >= 11 is 2.14. The Bertz CT molecular complexity index is 209. The molecule has 0 radical (unpaired) electrons. The Hall–Kier alpha value is -0.330. The van der Waals surface area contributed by atoms with Crippen LogP contribution >= 0.6 is 22.6 Å². The van der Waals surface area contributed by atoms with Crippen molar-refractivity contribution >= 4 is 28.3 Å². The van der Waals surface area contributed by atoms with Crippen molar-refractivity contribution in [3.8, 4) is 0 Å². The highest BCUT2D eigenvalue weighted by atomic mass is 127. The minimum atomic E-state index is 0.0933. The summed E-state index contributed by atoms with van der Waals surface area (Å²) < 4.78 is 1.06. The summed E-state index contributed by atoms with van der Waals surface area (Å²) in [4.78, 5) is 0. The van der Waals surface area contributed by atoms with Crippen LogP contribution in [-0.2, 0) is 0 Å². The summed E-state index contributed by atoms with van der Waals surface area (Å²) in [5.41, 5.74) is 0.361. The Balaban J connectivity index is 2.89. The first-order valence-corrected chi connectivity index (χ1v) is 3.71. The monoisotopic (exact) mass is 251 g/mol. The first-order valence-electron chi connectivity index (χ1n) is 2.63. The Morgan fingerprint density at radius 2 is 1.60 bits per heavy atom. The number of halogens is 1. The molecule has 54 valence electrons. The van der Waals surface area contributed by atoms with Crippen molar-refractivity contribution in [3.63, 3.8) is 0 Å². The van der Waals surface area contributed by atoms with Gasteiger partial charge in [-0.15, -0.1) is 5.23 Å². The summed E-state index contributed by atoms with van der Waals surface area (Å²) in [6.45, 7) is 0. The number of rotatable bonds is 1. The van der Waals surface area contributed by atoms with E-state index in [2.05, 4.69) is 22.6 Å². The van der Waals surface area contributed by atoms with E-state index in [1.807, 2.05) is 0 Å². The topological polar surface area (TPSA) is 43.7 Å². The van der Waals surface area contributed by atoms with E-state index < -0.39 is 0 Å². The van der Waals surface area contributed by atoms with E-state index in [-0.39, 0.29) is 5.23 Å². The predicted molar refractivity (Wildman–Crippen MR) is 45.2 cm³/mol. The van der Waals surface area contributed by atoms with E-state index in [9.17, 15) is 0 Å². The number of benzene rings is 1. The maximum atomic E-state index is 8.50. The highest BCUT2D eigenvalue weighted by Crippen LogP contribution is 2.12. The molecular weight excluding hydrogens is 245 g/mol. The molecule has 0 aliphatic rings. The summed E-state index contributed by atoms with van der Waals surface area (Å²) in [7, 11) is 0. The number of anilines is 1. The van der Waals surface area contributed by atoms with Crippen LogP contribution in [-0.4, -0.2) is 10.4 Å². The maximum absolute atomic E-state index is 8.50. The lowest BCUT2D eigenvalue weighted by Gasteiger charge is -2.06. The van der Waals surface area contributed by atoms with Gasteiger partial charge in [-0.3, -0.25) is 10.4 Å². The molecule has 0 saturated carbocycles. The molecule has 0 saturated heterocycles. The van der Waals surface area contributed by atoms with Gasteiger partial charge >= 0.3 is 0 Å². The Kier molecular flexibility index (Phi) is 2.47. The van der Waals surface area contributed by atoms with E-state index in [4.69, 9.17) is 10.4 Å². The third kappa shape index (κ3) is 1.83. The zero-order valence-electron chi connectivity index (χ0n) is 5.03. The van der Waals surface area contributed by atoms with Crippen LogP contribution in [0.15, 0.2) is 24.3 Å². The fraction of sp³-hybridized carbons (Fsp3) is 0. The van der Waals surface area contributed by atoms with Crippen LogP contribution in [0.25, 0.3) is 0 Å². The van der Waals surface area contributed by atoms with Crippen molar-refractivity contribution in [2.75, 3.05) is 5.23 Å². The molecule has 3 nitrogen and oxygen atoms in total. The average Bonchev–Trinajstić information content (AvgIpc) is 1.88. The van der Waals surface area contributed by atoms with Crippen molar-refractivity contribution in [2.45, 2.75) is 0 Å². The molecule has 0 heterocycles. The SMILES string of the molecule is ON(O)c1ccc(I)cc1. The van der Waals surface area contributed by atoms with Crippen LogP contribution in [0.2, 0.25) is 0 Å². The average molecular weight is 251 g/mol. The molecule has 0 aliphatic carbocycles. The first kappa shape index (κ1) is 7.77. The van der Waals surface area contributed by atoms with Gasteiger partial charge in [0.25, 0.3) is 0 Å². The van der Waals surface area contributed by atoms with Crippen LogP contribution in [0.1, 0.15) is 0 Å². The normalized spacial score (nSPS) is 9.50. The molecule has 0 spiro atoms. The van der Waals surface area contributed by atoms with Gasteiger partial charge < -0.3 is 0 Å². The zero-order chi connectivity index (χ0) is 7.56. The molecule has 1 aromatic rings. The van der Waals surface area contributed by atoms with Gasteiger partial charge in [0.15, 0.2) is 0 Å². The molecule has 0 amide bonds. The molecule has 4 heteroatoms. The second-order valence-electron chi connectivity index (χ2n) is 1.77. The van der Waals surface area contributed by atoms with Gasteiger partial charge in [0.2, 0.25) is 0 Å². The zero-order valence-corrected chi connectivity index (χ0v) is 7.19. The Morgan fingerprint density at radius 1 is 1.10 bits per heavy atom. The molecule has 0 bridgehead atoms. The summed E-state index contributed by atoms with van der Waals surface area (Å²) in [5.74, 6) is 0. The van der Waals surface area contributed by atoms with Crippen LogP contribution in [0.3, 0.4) is 0 Å². The van der Waals surface area contributed by atoms with Crippen LogP contribution in [0, 0.1) is 3.57 Å². The first-order chi connectivity index (χ1) is 4.70. The molecule has 1 rings (SSSR count). The van der Waals surface area contributed by atoms with Crippen molar-refractivity contribution < 1.29 is 10.4 Å². The fourth-order valence-corrected chi connectivity index (χ4v) is 0.934. The van der Waals surface area contributed by atoms with Gasteiger partial charge in [0.05, 0.1) is 5.69 Å². The molecule has 1 aromatic carbocycles. The molecule has 0 unspecified atom stereocenters. The Morgan fingerprint density at radius 3 is 2.00 bits per heavy atom. The van der Waals surface area contributed by atoms with Crippen molar-refractivity contribution in [3.05, 3.63) is 27.8 Å². The predicted octanol–water partition coefficient (Wildman–Crippen LogP) is 1.88. The number of hydrogen-bond acceptors (Lipinski definition) is 3. The maximum Gasteiger partial charge on any atom is 0.0943 e. The summed E-state index contributed by atoms with van der Waals surface area (Å²) in [5, 5.41) is 17.1. The molecule has 0 fully saturated rings. The van der Waals surface area contributed by atoms with Gasteiger partial charge in [-0.2, -0.15) is 0 Å². The Labute approximate surface area is 71.9 Å². The molecule has 0 atom stereocenters. The van der Waals surface area contributed by atoms with Crippen LogP contribution in [0.4, 0.5) is 5.69 Å². The lowest BCUT2D eigenvalue weighted by atomic mass is 10.3. The largest absolute Gasteiger partial charge is 0.264 e. The van der Waals surface area contributed by atoms with E-state index in [1.54, 1.807) is 24.3 Å². The van der Waals surface area contributed by atoms with E-state index in [0.717, 1.165) is 3.57 Å². The minimum Gasteiger partial charge on any atom is -0.264 e. The van der Waals surface area contributed by atoms with E-state index in [0.29, 0.717) is 5.69 Å². The third-order valence-corrected chi connectivity index (χ3v) is 1.78. The van der Waals surface area contributed by atoms with Crippen LogP contribution in [0.5, 0.6) is 0 Å². The molecule has 0 aromatic heterocycles. The highest BCUT2D eigenvalue weighted by molar-refractivity contribution is 14.1. The lowest BCUT2D eigenvalue weighted by molar-refractivity contribution is 0.0291. The van der Waals surface area contributed by atoms with E-state index in [1.165, 1.54) is 0 Å². The fourth-order valence-electron chi connectivity index (χ4n) is 0.574. The second kappa shape index (κ2) is 3.18. The molecule has 0 aliphatic heterocycles. The standard InChI is InChI=1S/C6H6INO2/c7-5-1-3-6(4-2-5)8(9)10/h1-4,9-10H. The van der Waals surface area contributed by atoms with Gasteiger partial charge in [-0.05, 0) is 46.9 Å². The minimum absolute atomic E-state index is 0.0933. The van der Waals surface area contributed by atoms with Gasteiger partial charge in [0, 0.05) is 3.57 Å². The van der Waals surface area contributed by atoms with E-state index >= 15 is 0 Å². The number of nitrogens with zero attached hydrogens (tertiary/aromatic N) is 1. The molecule has 2 N–H and O–H groups in total. The van der Waals surface area contributed by atoms with Crippen molar-refractivity contribution in [1.82, 2.24) is 0 Å². The quantitative estimate of drug-likeness (QED) is 0.591. The van der Waals surface area contributed by atoms with Gasteiger partial charge in [-0.1, -0.05) is 0 Å². The number of hydrogen-bond donors (Lipinski definition) is 2. The van der Waals surface area contributed by atoms with Crippen molar-refractivity contribution in [1.29, 1.82) is 0 Å². The smallest absolute Gasteiger partial charge is 0.0943 e. The second-order valence-corrected chi connectivity index (χ2v) is 3.01. The summed E-state index contributed by atoms with van der Waals surface area (Å²) in [6.07, 6.45) is 0. The summed E-state index contributed by atoms with van der Waals surface area (Å²) in [6, 6.07) is 6.80. The van der Waals surface area contributed by atoms with Crippen LogP contribution < -0.4 is 5.23 Å². The van der Waals surface area contributed by atoms with Gasteiger partial charge in [-0.25, -0.2) is 0 Å². The van der Waals surface area contributed by atoms with Gasteiger partial charge in [0.1, 0.15) is 0 Å². The van der Waals surface area contributed by atoms with Crippen molar-refractivity contribution in [2.24, 2.45) is 0 Å². The highest BCUT2D eigenvalue weighted by Gasteiger charge is 1.95. The molecule has 10 heavy (non-hydrogen) atoms. The third-order valence-electron chi connectivity index (χ3n) is 1.06. The lowest BCUT2D eigenvalue weighted by Crippen LogP contribution is -2.10. The molecular formula is C6H6INO2.